The maximum Gasteiger partial charge on any atom is 2.00 e. The molecule has 0 fully saturated rings. The van der Waals surface area contributed by atoms with Gasteiger partial charge in [0.25, 0.3) is 0 Å². The zero-order chi connectivity index (χ0) is 13.1. The van der Waals surface area contributed by atoms with Crippen LogP contribution in [0.2, 0.25) is 12.1 Å². The van der Waals surface area contributed by atoms with Crippen molar-refractivity contribution in [1.82, 2.24) is 0 Å². The molecule has 0 rings (SSSR count). The van der Waals surface area contributed by atoms with E-state index in [-0.39, 0.29) is 18.6 Å². The van der Waals surface area contributed by atoms with Gasteiger partial charge >= 0.3 is 18.6 Å². The fraction of sp³-hybridized carbons (Fsp3) is 0.429. The van der Waals surface area contributed by atoms with Gasteiger partial charge in [-0.05, 0) is 0 Å². The molecule has 0 aromatic heterocycles. The molecule has 0 spiro atoms. The molecule has 0 aromatic rings. The van der Waals surface area contributed by atoms with E-state index in [4.69, 9.17) is 13.2 Å². The summed E-state index contributed by atoms with van der Waals surface area (Å²) >= 11 is 0. The minimum Gasteiger partial charge on any atom is -0.290 e. The molecule has 0 heterocycles. The minimum absolute atomic E-state index is 0. The SMILES string of the molecule is [CH-]=C(C)C=C(C)C[SiH3].[CH-]=C(C)C=C(C)C[SiH3].[V+2]. The summed E-state index contributed by atoms with van der Waals surface area (Å²) in [6.07, 6.45) is 4.07. The van der Waals surface area contributed by atoms with Crippen LogP contribution in [0.25, 0.3) is 0 Å². The molecule has 0 saturated carbocycles. The largest absolute Gasteiger partial charge is 2.00 e. The molecular formula is C14H26Si2V. The molecule has 0 saturated heterocycles. The topological polar surface area (TPSA) is 0 Å². The van der Waals surface area contributed by atoms with Crippen molar-refractivity contribution in [3.05, 3.63) is 47.6 Å². The van der Waals surface area contributed by atoms with E-state index in [1.54, 1.807) is 0 Å². The first-order chi connectivity index (χ1) is 7.33. The Labute approximate surface area is 126 Å². The molecule has 17 heavy (non-hydrogen) atoms. The van der Waals surface area contributed by atoms with Gasteiger partial charge < -0.3 is 0 Å². The van der Waals surface area contributed by atoms with Crippen molar-refractivity contribution in [2.45, 2.75) is 39.8 Å². The first-order valence-electron chi connectivity index (χ1n) is 5.85. The molecule has 95 valence electrons. The van der Waals surface area contributed by atoms with E-state index >= 15 is 0 Å². The predicted molar refractivity (Wildman–Crippen MR) is 84.0 cm³/mol. The maximum absolute atomic E-state index is 5.42. The van der Waals surface area contributed by atoms with Crippen molar-refractivity contribution >= 4 is 20.5 Å². The fourth-order valence-corrected chi connectivity index (χ4v) is 1.39. The number of hydrogen-bond donors (Lipinski definition) is 0. The monoisotopic (exact) mass is 301 g/mol. The van der Waals surface area contributed by atoms with Crippen LogP contribution in [0.3, 0.4) is 0 Å². The molecule has 0 nitrogen and oxygen atoms in total. The quantitative estimate of drug-likeness (QED) is 0.424. The van der Waals surface area contributed by atoms with Gasteiger partial charge in [-0.15, -0.1) is 0 Å². The fourth-order valence-electron chi connectivity index (χ4n) is 0.981. The summed E-state index contributed by atoms with van der Waals surface area (Å²) in [7, 11) is 2.48. The van der Waals surface area contributed by atoms with Crippen molar-refractivity contribution < 1.29 is 18.6 Å². The van der Waals surface area contributed by atoms with E-state index in [0.717, 1.165) is 11.1 Å². The minimum atomic E-state index is 0. The first kappa shape index (κ1) is 22.2. The van der Waals surface area contributed by atoms with Crippen LogP contribution in [0.5, 0.6) is 0 Å². The van der Waals surface area contributed by atoms with Crippen molar-refractivity contribution in [3.8, 4) is 0 Å². The zero-order valence-corrected chi connectivity index (χ0v) is 17.6. The van der Waals surface area contributed by atoms with Gasteiger partial charge in [0.05, 0.1) is 0 Å². The van der Waals surface area contributed by atoms with Crippen molar-refractivity contribution in [2.75, 3.05) is 0 Å². The van der Waals surface area contributed by atoms with E-state index in [0.29, 0.717) is 0 Å². The van der Waals surface area contributed by atoms with E-state index < -0.39 is 0 Å². The van der Waals surface area contributed by atoms with Gasteiger partial charge in [0, 0.05) is 20.5 Å². The van der Waals surface area contributed by atoms with Crippen LogP contribution in [0.15, 0.2) is 34.4 Å². The molecule has 0 N–H and O–H groups in total. The van der Waals surface area contributed by atoms with Crippen LogP contribution >= 0.6 is 0 Å². The Balaban J connectivity index is -0.000000218. The van der Waals surface area contributed by atoms with Crippen LogP contribution in [-0.4, -0.2) is 20.5 Å². The Kier molecular flexibility index (Phi) is 18.3. The number of hydrogen-bond acceptors (Lipinski definition) is 0. The smallest absolute Gasteiger partial charge is 0.290 e. The van der Waals surface area contributed by atoms with Crippen LogP contribution in [0, 0.1) is 13.2 Å². The molecule has 0 atom stereocenters. The average molecular weight is 301 g/mol. The third-order valence-corrected chi connectivity index (χ3v) is 4.29. The maximum atomic E-state index is 5.42. The van der Waals surface area contributed by atoms with Gasteiger partial charge in [0.15, 0.2) is 0 Å². The normalized spacial score (nSPS) is 11.3. The van der Waals surface area contributed by atoms with Crippen LogP contribution in [0.1, 0.15) is 27.7 Å². The Morgan fingerprint density at radius 2 is 1.06 bits per heavy atom. The van der Waals surface area contributed by atoms with Crippen molar-refractivity contribution in [2.24, 2.45) is 0 Å². The summed E-state index contributed by atoms with van der Waals surface area (Å²) in [5, 5.41) is 0. The third kappa shape index (κ3) is 21.8. The van der Waals surface area contributed by atoms with Gasteiger partial charge in [-0.1, -0.05) is 39.8 Å². The van der Waals surface area contributed by atoms with Gasteiger partial charge in [-0.25, -0.2) is 23.3 Å². The third-order valence-electron chi connectivity index (χ3n) is 2.06. The standard InChI is InChI=1S/2C7H13Si.V/c2*1-6(2)4-7(3)5-8;/h2*1,4H,5H2,2-3,8H3;/q2*-1;+2. The molecular weight excluding hydrogens is 275 g/mol. The summed E-state index contributed by atoms with van der Waals surface area (Å²) in [6, 6.07) is 2.46. The summed E-state index contributed by atoms with van der Waals surface area (Å²) in [5.74, 6) is 0. The van der Waals surface area contributed by atoms with Gasteiger partial charge in [-0.2, -0.15) is 11.1 Å². The summed E-state index contributed by atoms with van der Waals surface area (Å²) in [4.78, 5) is 0. The molecule has 0 aliphatic heterocycles. The summed E-state index contributed by atoms with van der Waals surface area (Å²) in [5.41, 5.74) is 4.63. The Morgan fingerprint density at radius 3 is 1.12 bits per heavy atom. The molecule has 0 unspecified atom stereocenters. The molecule has 0 aromatic carbocycles. The first-order valence-corrected chi connectivity index (χ1v) is 8.68. The predicted octanol–water partition coefficient (Wildman–Crippen LogP) is 2.19. The Bertz CT molecular complexity index is 259. The summed E-state index contributed by atoms with van der Waals surface area (Å²) < 4.78 is 0. The molecule has 0 amide bonds. The van der Waals surface area contributed by atoms with E-state index in [9.17, 15) is 0 Å². The van der Waals surface area contributed by atoms with Crippen molar-refractivity contribution in [3.63, 3.8) is 0 Å². The van der Waals surface area contributed by atoms with Crippen LogP contribution in [0.4, 0.5) is 0 Å². The Morgan fingerprint density at radius 1 is 0.824 bits per heavy atom. The zero-order valence-electron chi connectivity index (χ0n) is 12.2. The number of rotatable bonds is 4. The molecule has 0 bridgehead atoms. The molecule has 1 radical (unpaired) electrons. The van der Waals surface area contributed by atoms with Crippen LogP contribution < -0.4 is 0 Å². The number of allylic oxidation sites excluding steroid dienone is 6. The van der Waals surface area contributed by atoms with Gasteiger partial charge in [0.1, 0.15) is 0 Å². The summed E-state index contributed by atoms with van der Waals surface area (Å²) in [6.45, 7) is 18.9. The molecule has 3 heteroatoms. The van der Waals surface area contributed by atoms with Gasteiger partial charge in [0.2, 0.25) is 0 Å². The van der Waals surface area contributed by atoms with Crippen molar-refractivity contribution in [1.29, 1.82) is 0 Å². The van der Waals surface area contributed by atoms with Crippen LogP contribution in [-0.2, 0) is 18.6 Å². The van der Waals surface area contributed by atoms with Gasteiger partial charge in [-0.3, -0.25) is 13.2 Å². The van der Waals surface area contributed by atoms with E-state index in [1.807, 2.05) is 26.0 Å². The molecule has 0 aliphatic rings. The second-order valence-corrected chi connectivity index (χ2v) is 5.59. The Hall–Kier alpha value is -0.0218. The second kappa shape index (κ2) is 14.0. The van der Waals surface area contributed by atoms with E-state index in [1.165, 1.54) is 43.7 Å². The second-order valence-electron chi connectivity index (χ2n) is 4.18. The molecule has 0 aliphatic carbocycles. The average Bonchev–Trinajstić information content (AvgIpc) is 2.16. The van der Waals surface area contributed by atoms with E-state index in [2.05, 4.69) is 13.8 Å².